The number of benzene rings is 3. The highest BCUT2D eigenvalue weighted by Crippen LogP contribution is 2.36. The highest BCUT2D eigenvalue weighted by molar-refractivity contribution is 6.30. The Balaban J connectivity index is 1.55. The lowest BCUT2D eigenvalue weighted by molar-refractivity contribution is 0.0940. The molecule has 3 aromatic carbocycles. The van der Waals surface area contributed by atoms with Crippen LogP contribution in [0.4, 0.5) is 0 Å². The predicted octanol–water partition coefficient (Wildman–Crippen LogP) is 5.68. The minimum Gasteiger partial charge on any atom is -0.496 e. The van der Waals surface area contributed by atoms with Gasteiger partial charge >= 0.3 is 0 Å². The average molecular weight is 492 g/mol. The Morgan fingerprint density at radius 2 is 1.89 bits per heavy atom. The molecule has 178 valence electrons. The largest absolute Gasteiger partial charge is 0.496 e. The molecule has 3 aliphatic rings. The van der Waals surface area contributed by atoms with Crippen molar-refractivity contribution >= 4 is 29.5 Å². The van der Waals surface area contributed by atoms with E-state index in [0.717, 1.165) is 22.4 Å². The predicted molar refractivity (Wildman–Crippen MR) is 146 cm³/mol. The second-order valence-corrected chi connectivity index (χ2v) is 9.81. The Hall–Kier alpha value is -3.82. The Morgan fingerprint density at radius 1 is 1.00 bits per heavy atom. The number of allylic oxidation sites excluding steroid dienone is 5. The van der Waals surface area contributed by atoms with Gasteiger partial charge < -0.3 is 10.1 Å². The highest BCUT2D eigenvalue weighted by atomic mass is 35.5. The number of Topliss-reactive ketones (excluding diaryl/α,β-unsaturated/α-hetero) is 1. The summed E-state index contributed by atoms with van der Waals surface area (Å²) >= 11 is 6.38. The molecule has 0 bridgehead atoms. The van der Waals surface area contributed by atoms with Crippen LogP contribution < -0.4 is 20.5 Å². The summed E-state index contributed by atoms with van der Waals surface area (Å²) in [5.41, 5.74) is 6.55. The standard InChI is InChI=1S/C32H26ClNO2/c1-36-31-9-5-4-7-26(31)32(35)21-17-28-24-13-11-20-10-12-22(33)19-27(20)23(24)14-15-25(28)29(18-21)30-8-3-2-6-16-34-30/h2-10,12-17,19,21,29,34H,11,18H2,1H3. The molecule has 1 N–H and O–H groups in total. The van der Waals surface area contributed by atoms with Gasteiger partial charge in [-0.25, -0.2) is 0 Å². The summed E-state index contributed by atoms with van der Waals surface area (Å²) in [6, 6.07) is 18.0. The van der Waals surface area contributed by atoms with Crippen molar-refractivity contribution in [3.63, 3.8) is 0 Å². The summed E-state index contributed by atoms with van der Waals surface area (Å²) in [6.07, 6.45) is 16.1. The maximum Gasteiger partial charge on any atom is 0.173 e. The maximum atomic E-state index is 13.9. The van der Waals surface area contributed by atoms with Crippen molar-refractivity contribution < 1.29 is 9.53 Å². The molecule has 36 heavy (non-hydrogen) atoms. The molecule has 0 saturated carbocycles. The number of halogens is 1. The van der Waals surface area contributed by atoms with Gasteiger partial charge in [0.15, 0.2) is 5.78 Å². The number of rotatable bonds is 4. The van der Waals surface area contributed by atoms with Gasteiger partial charge in [-0.3, -0.25) is 4.79 Å². The van der Waals surface area contributed by atoms with E-state index in [-0.39, 0.29) is 17.6 Å². The number of carbonyl (C=O) groups excluding carboxylic acids is 1. The molecular weight excluding hydrogens is 466 g/mol. The van der Waals surface area contributed by atoms with E-state index in [1.165, 1.54) is 27.5 Å². The summed E-state index contributed by atoms with van der Waals surface area (Å²) in [5.74, 6) is 0.472. The first kappa shape index (κ1) is 22.6. The fourth-order valence-corrected chi connectivity index (χ4v) is 5.82. The molecule has 0 aromatic heterocycles. The topological polar surface area (TPSA) is 38.3 Å². The normalized spacial score (nSPS) is 19.3. The minimum atomic E-state index is -0.279. The second-order valence-electron chi connectivity index (χ2n) is 9.38. The van der Waals surface area contributed by atoms with Gasteiger partial charge in [0.2, 0.25) is 0 Å². The van der Waals surface area contributed by atoms with Crippen LogP contribution in [-0.4, -0.2) is 12.9 Å². The van der Waals surface area contributed by atoms with E-state index >= 15 is 0 Å². The molecule has 2 aliphatic carbocycles. The number of ketones is 1. The third-order valence-electron chi connectivity index (χ3n) is 7.37. The Morgan fingerprint density at radius 3 is 2.78 bits per heavy atom. The van der Waals surface area contributed by atoms with Crippen LogP contribution in [0.5, 0.6) is 5.75 Å². The summed E-state index contributed by atoms with van der Waals surface area (Å²) in [5, 5.41) is 6.52. The number of methoxy groups -OCH3 is 1. The molecular formula is C32H26ClNO2. The number of hydrogen-bond donors (Lipinski definition) is 1. The molecule has 3 nitrogen and oxygen atoms in total. The van der Waals surface area contributed by atoms with Gasteiger partial charge in [0.05, 0.1) is 12.7 Å². The monoisotopic (exact) mass is 491 g/mol. The van der Waals surface area contributed by atoms with E-state index in [0.29, 0.717) is 17.7 Å². The van der Waals surface area contributed by atoms with Crippen LogP contribution in [0.3, 0.4) is 0 Å². The number of carbonyl (C=O) groups is 1. The lowest BCUT2D eigenvalue weighted by Gasteiger charge is -2.30. The van der Waals surface area contributed by atoms with Crippen molar-refractivity contribution in [1.29, 1.82) is 0 Å². The van der Waals surface area contributed by atoms with Gasteiger partial charge in [0, 0.05) is 28.8 Å². The summed E-state index contributed by atoms with van der Waals surface area (Å²) in [4.78, 5) is 13.9. The van der Waals surface area contributed by atoms with Crippen molar-refractivity contribution in [3.8, 4) is 16.9 Å². The molecule has 3 aromatic rings. The van der Waals surface area contributed by atoms with Crippen LogP contribution in [0.1, 0.15) is 33.8 Å². The number of para-hydroxylation sites is 1. The zero-order valence-corrected chi connectivity index (χ0v) is 20.8. The Bertz CT molecular complexity index is 1590. The summed E-state index contributed by atoms with van der Waals surface area (Å²) in [7, 11) is 1.61. The van der Waals surface area contributed by atoms with Gasteiger partial charge in [0.25, 0.3) is 0 Å². The van der Waals surface area contributed by atoms with E-state index in [2.05, 4.69) is 47.8 Å². The molecule has 0 saturated heterocycles. The van der Waals surface area contributed by atoms with Crippen molar-refractivity contribution in [3.05, 3.63) is 123 Å². The number of nitrogens with one attached hydrogen (secondary N) is 1. The molecule has 1 heterocycles. The van der Waals surface area contributed by atoms with E-state index < -0.39 is 0 Å². The van der Waals surface area contributed by atoms with Crippen LogP contribution in [0.15, 0.2) is 90.8 Å². The SMILES string of the molecule is COc1ccccc1C(=O)C1C=c2c(ccc3c2=CCc2ccc(Cl)cc2-3)C(C2=CC=CC=CN2)C1. The highest BCUT2D eigenvalue weighted by Gasteiger charge is 2.32. The molecule has 1 aliphatic heterocycles. The number of ether oxygens (including phenoxy) is 1. The van der Waals surface area contributed by atoms with E-state index in [9.17, 15) is 4.79 Å². The number of fused-ring (bicyclic) bond motifs is 5. The van der Waals surface area contributed by atoms with E-state index in [4.69, 9.17) is 16.3 Å². The smallest absolute Gasteiger partial charge is 0.173 e. The first-order valence-electron chi connectivity index (χ1n) is 12.2. The lowest BCUT2D eigenvalue weighted by atomic mass is 9.75. The third-order valence-corrected chi connectivity index (χ3v) is 7.61. The summed E-state index contributed by atoms with van der Waals surface area (Å²) in [6.45, 7) is 0. The first-order chi connectivity index (χ1) is 17.6. The molecule has 2 atom stereocenters. The fourth-order valence-electron chi connectivity index (χ4n) is 5.65. The Kier molecular flexibility index (Phi) is 5.86. The molecule has 0 amide bonds. The van der Waals surface area contributed by atoms with Gasteiger partial charge in [-0.2, -0.15) is 0 Å². The van der Waals surface area contributed by atoms with Crippen LogP contribution in [0, 0.1) is 5.92 Å². The number of hydrogen-bond acceptors (Lipinski definition) is 3. The summed E-state index contributed by atoms with van der Waals surface area (Å²) < 4.78 is 5.53. The Labute approximate surface area is 215 Å². The zero-order valence-electron chi connectivity index (χ0n) is 20.0. The molecule has 2 unspecified atom stereocenters. The minimum absolute atomic E-state index is 0.0560. The average Bonchev–Trinajstić information content (AvgIpc) is 3.21. The van der Waals surface area contributed by atoms with E-state index in [1.54, 1.807) is 7.11 Å². The quantitative estimate of drug-likeness (QED) is 0.477. The zero-order chi connectivity index (χ0) is 24.6. The molecule has 0 spiro atoms. The third kappa shape index (κ3) is 3.90. The van der Waals surface area contributed by atoms with Crippen LogP contribution >= 0.6 is 11.6 Å². The van der Waals surface area contributed by atoms with Crippen molar-refractivity contribution in [2.24, 2.45) is 5.92 Å². The van der Waals surface area contributed by atoms with Crippen molar-refractivity contribution in [2.45, 2.75) is 18.8 Å². The van der Waals surface area contributed by atoms with E-state index in [1.807, 2.05) is 54.8 Å². The fraction of sp³-hybridized carbons (Fsp3) is 0.156. The van der Waals surface area contributed by atoms with Crippen LogP contribution in [0.25, 0.3) is 23.3 Å². The first-order valence-corrected chi connectivity index (χ1v) is 12.6. The molecule has 0 radical (unpaired) electrons. The van der Waals surface area contributed by atoms with Crippen LogP contribution in [-0.2, 0) is 6.42 Å². The van der Waals surface area contributed by atoms with Crippen molar-refractivity contribution in [2.75, 3.05) is 7.11 Å². The maximum absolute atomic E-state index is 13.9. The molecule has 4 heteroatoms. The van der Waals surface area contributed by atoms with Crippen LogP contribution in [0.2, 0.25) is 5.02 Å². The second kappa shape index (κ2) is 9.33. The van der Waals surface area contributed by atoms with Gasteiger partial charge in [-0.1, -0.05) is 66.2 Å². The lowest BCUT2D eigenvalue weighted by Crippen LogP contribution is -2.40. The van der Waals surface area contributed by atoms with Gasteiger partial charge in [-0.15, -0.1) is 0 Å². The van der Waals surface area contributed by atoms with Gasteiger partial charge in [0.1, 0.15) is 5.75 Å². The molecule has 6 rings (SSSR count). The molecule has 0 fully saturated rings. The van der Waals surface area contributed by atoms with Gasteiger partial charge in [-0.05, 0) is 82.0 Å². The van der Waals surface area contributed by atoms with Crippen molar-refractivity contribution in [1.82, 2.24) is 5.32 Å².